The van der Waals surface area contributed by atoms with Gasteiger partial charge in [-0.25, -0.2) is 14.8 Å². The van der Waals surface area contributed by atoms with E-state index in [9.17, 15) is 4.79 Å². The minimum atomic E-state index is -0.410. The molecular formula is C15H16ClN3O2. The molecule has 1 aromatic carbocycles. The van der Waals surface area contributed by atoms with Crippen molar-refractivity contribution in [3.63, 3.8) is 0 Å². The van der Waals surface area contributed by atoms with Gasteiger partial charge in [0.2, 0.25) is 5.95 Å². The zero-order chi connectivity index (χ0) is 15.2. The molecule has 1 aromatic heterocycles. The number of carbonyl (C=O) groups is 1. The minimum absolute atomic E-state index is 0.324. The van der Waals surface area contributed by atoms with Gasteiger partial charge in [0.25, 0.3) is 0 Å². The number of benzene rings is 1. The van der Waals surface area contributed by atoms with E-state index in [0.717, 1.165) is 5.56 Å². The summed E-state index contributed by atoms with van der Waals surface area (Å²) in [6.07, 6.45) is 1.47. The van der Waals surface area contributed by atoms with Gasteiger partial charge in [0.15, 0.2) is 0 Å². The maximum atomic E-state index is 11.7. The van der Waals surface area contributed by atoms with Crippen molar-refractivity contribution in [3.05, 3.63) is 52.3 Å². The predicted octanol–water partition coefficient (Wildman–Crippen LogP) is 3.23. The number of aromatic nitrogens is 2. The van der Waals surface area contributed by atoms with Gasteiger partial charge in [-0.05, 0) is 25.5 Å². The van der Waals surface area contributed by atoms with Crippen LogP contribution in [0.15, 0.2) is 30.5 Å². The van der Waals surface area contributed by atoms with Crippen LogP contribution in [0.4, 0.5) is 5.95 Å². The number of hydrogen-bond acceptors (Lipinski definition) is 5. The maximum absolute atomic E-state index is 11.7. The van der Waals surface area contributed by atoms with E-state index in [2.05, 4.69) is 15.3 Å². The molecule has 0 fully saturated rings. The van der Waals surface area contributed by atoms with Crippen LogP contribution in [0.3, 0.4) is 0 Å². The number of ether oxygens (including phenoxy) is 1. The molecule has 0 bridgehead atoms. The van der Waals surface area contributed by atoms with Crippen molar-refractivity contribution in [3.8, 4) is 0 Å². The Bertz CT molecular complexity index is 647. The summed E-state index contributed by atoms with van der Waals surface area (Å²) >= 11 is 6.08. The molecule has 21 heavy (non-hydrogen) atoms. The van der Waals surface area contributed by atoms with E-state index in [-0.39, 0.29) is 0 Å². The first-order valence-electron chi connectivity index (χ1n) is 6.60. The number of anilines is 1. The van der Waals surface area contributed by atoms with Crippen LogP contribution in [-0.2, 0) is 11.3 Å². The fourth-order valence-corrected chi connectivity index (χ4v) is 1.98. The maximum Gasteiger partial charge on any atom is 0.341 e. The largest absolute Gasteiger partial charge is 0.462 e. The van der Waals surface area contributed by atoms with Gasteiger partial charge >= 0.3 is 5.97 Å². The van der Waals surface area contributed by atoms with Crippen LogP contribution < -0.4 is 5.32 Å². The molecule has 2 rings (SSSR count). The number of carbonyl (C=O) groups excluding carboxylic acids is 1. The second-order valence-corrected chi connectivity index (χ2v) is 4.77. The van der Waals surface area contributed by atoms with Gasteiger partial charge in [-0.15, -0.1) is 0 Å². The van der Waals surface area contributed by atoms with E-state index in [4.69, 9.17) is 16.3 Å². The van der Waals surface area contributed by atoms with Crippen molar-refractivity contribution in [2.45, 2.75) is 20.4 Å². The molecule has 1 heterocycles. The Morgan fingerprint density at radius 2 is 2.14 bits per heavy atom. The average molecular weight is 306 g/mol. The van der Waals surface area contributed by atoms with Gasteiger partial charge in [0, 0.05) is 17.8 Å². The fourth-order valence-electron chi connectivity index (χ4n) is 1.78. The molecule has 5 nitrogen and oxygen atoms in total. The Balaban J connectivity index is 2.07. The monoisotopic (exact) mass is 305 g/mol. The molecule has 1 N–H and O–H groups in total. The summed E-state index contributed by atoms with van der Waals surface area (Å²) in [6, 6.07) is 7.54. The molecule has 0 spiro atoms. The Labute approximate surface area is 128 Å². The number of nitrogens with one attached hydrogen (secondary N) is 1. The molecule has 0 aliphatic rings. The number of rotatable bonds is 5. The van der Waals surface area contributed by atoms with E-state index in [1.54, 1.807) is 13.8 Å². The van der Waals surface area contributed by atoms with E-state index in [1.165, 1.54) is 6.20 Å². The van der Waals surface area contributed by atoms with Gasteiger partial charge in [-0.2, -0.15) is 0 Å². The molecule has 0 aliphatic heterocycles. The quantitative estimate of drug-likeness (QED) is 0.859. The summed E-state index contributed by atoms with van der Waals surface area (Å²) in [5, 5.41) is 3.77. The second-order valence-electron chi connectivity index (χ2n) is 4.36. The SMILES string of the molecule is CCOC(=O)c1cnc(NCc2ccccc2Cl)nc1C. The topological polar surface area (TPSA) is 64.1 Å². The lowest BCUT2D eigenvalue weighted by Crippen LogP contribution is -2.11. The summed E-state index contributed by atoms with van der Waals surface area (Å²) < 4.78 is 4.94. The summed E-state index contributed by atoms with van der Waals surface area (Å²) in [7, 11) is 0. The van der Waals surface area contributed by atoms with Gasteiger partial charge in [0.05, 0.1) is 17.9 Å². The highest BCUT2D eigenvalue weighted by Gasteiger charge is 2.12. The van der Waals surface area contributed by atoms with Crippen LogP contribution in [0.2, 0.25) is 5.02 Å². The number of halogens is 1. The average Bonchev–Trinajstić information content (AvgIpc) is 2.46. The van der Waals surface area contributed by atoms with Gasteiger partial charge in [-0.1, -0.05) is 29.8 Å². The first-order valence-corrected chi connectivity index (χ1v) is 6.97. The van der Waals surface area contributed by atoms with Crippen LogP contribution in [0, 0.1) is 6.92 Å². The molecule has 2 aromatic rings. The van der Waals surface area contributed by atoms with Crippen molar-refractivity contribution < 1.29 is 9.53 Å². The highest BCUT2D eigenvalue weighted by molar-refractivity contribution is 6.31. The summed E-state index contributed by atoms with van der Waals surface area (Å²) in [4.78, 5) is 20.0. The van der Waals surface area contributed by atoms with Crippen molar-refractivity contribution in [1.29, 1.82) is 0 Å². The van der Waals surface area contributed by atoms with Gasteiger partial charge in [-0.3, -0.25) is 0 Å². The van der Waals surface area contributed by atoms with Crippen molar-refractivity contribution in [1.82, 2.24) is 9.97 Å². The summed E-state index contributed by atoms with van der Waals surface area (Å²) in [6.45, 7) is 4.34. The van der Waals surface area contributed by atoms with Crippen LogP contribution in [0.5, 0.6) is 0 Å². The Kier molecular flexibility index (Phi) is 5.11. The summed E-state index contributed by atoms with van der Waals surface area (Å²) in [5.41, 5.74) is 1.90. The second kappa shape index (κ2) is 7.04. The normalized spacial score (nSPS) is 10.2. The molecule has 0 unspecified atom stereocenters. The first kappa shape index (κ1) is 15.3. The predicted molar refractivity (Wildman–Crippen MR) is 81.5 cm³/mol. The van der Waals surface area contributed by atoms with Crippen LogP contribution in [0.1, 0.15) is 28.5 Å². The lowest BCUT2D eigenvalue weighted by Gasteiger charge is -2.09. The Morgan fingerprint density at radius 3 is 2.81 bits per heavy atom. The molecular weight excluding hydrogens is 290 g/mol. The number of nitrogens with zero attached hydrogens (tertiary/aromatic N) is 2. The highest BCUT2D eigenvalue weighted by atomic mass is 35.5. The van der Waals surface area contributed by atoms with Gasteiger partial charge < -0.3 is 10.1 Å². The molecule has 110 valence electrons. The molecule has 0 atom stereocenters. The third kappa shape index (κ3) is 3.92. The van der Waals surface area contributed by atoms with Crippen molar-refractivity contribution in [2.24, 2.45) is 0 Å². The molecule has 0 amide bonds. The lowest BCUT2D eigenvalue weighted by molar-refractivity contribution is 0.0524. The third-order valence-corrected chi connectivity index (χ3v) is 3.24. The van der Waals surface area contributed by atoms with E-state index in [0.29, 0.717) is 35.4 Å². The number of esters is 1. The summed E-state index contributed by atoms with van der Waals surface area (Å²) in [5.74, 6) is 0.0353. The smallest absolute Gasteiger partial charge is 0.341 e. The number of hydrogen-bond donors (Lipinski definition) is 1. The Hall–Kier alpha value is -2.14. The zero-order valence-electron chi connectivity index (χ0n) is 11.9. The third-order valence-electron chi connectivity index (χ3n) is 2.87. The first-order chi connectivity index (χ1) is 10.1. The molecule has 0 saturated heterocycles. The van der Waals surface area contributed by atoms with Crippen LogP contribution in [0.25, 0.3) is 0 Å². The zero-order valence-corrected chi connectivity index (χ0v) is 12.6. The molecule has 0 aliphatic carbocycles. The lowest BCUT2D eigenvalue weighted by atomic mass is 10.2. The van der Waals surface area contributed by atoms with E-state index >= 15 is 0 Å². The highest BCUT2D eigenvalue weighted by Crippen LogP contribution is 2.16. The fraction of sp³-hybridized carbons (Fsp3) is 0.267. The minimum Gasteiger partial charge on any atom is -0.462 e. The molecule has 0 radical (unpaired) electrons. The molecule has 6 heteroatoms. The van der Waals surface area contributed by atoms with E-state index < -0.39 is 5.97 Å². The van der Waals surface area contributed by atoms with Crippen LogP contribution in [-0.4, -0.2) is 22.5 Å². The molecule has 0 saturated carbocycles. The van der Waals surface area contributed by atoms with Crippen molar-refractivity contribution in [2.75, 3.05) is 11.9 Å². The van der Waals surface area contributed by atoms with Crippen molar-refractivity contribution >= 4 is 23.5 Å². The van der Waals surface area contributed by atoms with Gasteiger partial charge in [0.1, 0.15) is 0 Å². The number of aryl methyl sites for hydroxylation is 1. The Morgan fingerprint density at radius 1 is 1.38 bits per heavy atom. The van der Waals surface area contributed by atoms with Crippen LogP contribution >= 0.6 is 11.6 Å². The standard InChI is InChI=1S/C15H16ClN3O2/c1-3-21-14(20)12-9-18-15(19-10(12)2)17-8-11-6-4-5-7-13(11)16/h4-7,9H,3,8H2,1-2H3,(H,17,18,19). The van der Waals surface area contributed by atoms with E-state index in [1.807, 2.05) is 24.3 Å².